The van der Waals surface area contributed by atoms with E-state index >= 15 is 0 Å². The van der Waals surface area contributed by atoms with E-state index in [0.29, 0.717) is 0 Å². The van der Waals surface area contributed by atoms with E-state index in [1.165, 1.54) is 19.2 Å². The third kappa shape index (κ3) is 3.00. The highest BCUT2D eigenvalue weighted by atomic mass is 32.2. The van der Waals surface area contributed by atoms with Crippen LogP contribution in [0.5, 0.6) is 0 Å². The van der Waals surface area contributed by atoms with Gasteiger partial charge in [0.25, 0.3) is 0 Å². The Hall–Kier alpha value is -2.07. The normalized spacial score (nSPS) is 12.6. The van der Waals surface area contributed by atoms with Crippen molar-refractivity contribution in [2.75, 3.05) is 12.8 Å². The predicted octanol–water partition coefficient (Wildman–Crippen LogP) is 1.38. The molecule has 0 aliphatic rings. The summed E-state index contributed by atoms with van der Waals surface area (Å²) in [5, 5.41) is 3.37. The van der Waals surface area contributed by atoms with Crippen molar-refractivity contribution in [3.8, 4) is 5.69 Å². The van der Waals surface area contributed by atoms with Crippen molar-refractivity contribution in [3.05, 3.63) is 36.2 Å². The summed E-state index contributed by atoms with van der Waals surface area (Å²) in [5.74, 6) is 0. The maximum absolute atomic E-state index is 12.5. The molecular weight excluding hydrogens is 309 g/mol. The Morgan fingerprint density at radius 3 is 2.43 bits per heavy atom. The summed E-state index contributed by atoms with van der Waals surface area (Å²) in [6.45, 7) is 0. The summed E-state index contributed by atoms with van der Waals surface area (Å²) in [7, 11) is -2.44. The zero-order valence-electron chi connectivity index (χ0n) is 10.7. The molecule has 0 aliphatic carbocycles. The third-order valence-corrected chi connectivity index (χ3v) is 4.12. The number of hydrogen-bond acceptors (Lipinski definition) is 4. The van der Waals surface area contributed by atoms with Crippen LogP contribution in [-0.4, -0.2) is 25.2 Å². The number of nitrogen functional groups attached to an aromatic ring is 1. The number of hydrogen-bond donors (Lipinski definition) is 2. The van der Waals surface area contributed by atoms with E-state index in [4.69, 9.17) is 5.73 Å². The second-order valence-electron chi connectivity index (χ2n) is 4.07. The molecule has 0 atom stereocenters. The van der Waals surface area contributed by atoms with E-state index in [1.54, 1.807) is 0 Å². The highest BCUT2D eigenvalue weighted by Gasteiger charge is 2.33. The van der Waals surface area contributed by atoms with Crippen molar-refractivity contribution in [1.82, 2.24) is 14.5 Å². The minimum Gasteiger partial charge on any atom is -0.397 e. The molecule has 21 heavy (non-hydrogen) atoms. The van der Waals surface area contributed by atoms with Crippen LogP contribution in [0.2, 0.25) is 0 Å². The number of benzene rings is 1. The van der Waals surface area contributed by atoms with Gasteiger partial charge in [0.2, 0.25) is 10.0 Å². The average Bonchev–Trinajstić information content (AvgIpc) is 2.88. The van der Waals surface area contributed by atoms with Crippen molar-refractivity contribution < 1.29 is 21.6 Å². The first kappa shape index (κ1) is 15.3. The minimum absolute atomic E-state index is 0.0110. The summed E-state index contributed by atoms with van der Waals surface area (Å²) in [6, 6.07) is 4.47. The van der Waals surface area contributed by atoms with Gasteiger partial charge in [-0.1, -0.05) is 0 Å². The molecule has 0 radical (unpaired) electrons. The van der Waals surface area contributed by atoms with Gasteiger partial charge in [0, 0.05) is 6.20 Å². The zero-order chi connectivity index (χ0) is 15.8. The Kier molecular flexibility index (Phi) is 3.68. The van der Waals surface area contributed by atoms with Crippen LogP contribution in [-0.2, 0) is 16.2 Å². The standard InChI is InChI=1S/C11H11F3N4O2S/c1-16-21(19,20)7-2-3-9(8(15)6-7)18-5-4-10(17-18)11(12,13)14/h2-6,16H,15H2,1H3. The molecule has 10 heteroatoms. The van der Waals surface area contributed by atoms with Crippen LogP contribution in [0.3, 0.4) is 0 Å². The third-order valence-electron chi connectivity index (χ3n) is 2.70. The molecule has 0 spiro atoms. The van der Waals surface area contributed by atoms with Gasteiger partial charge in [-0.05, 0) is 31.3 Å². The molecule has 2 aromatic rings. The van der Waals surface area contributed by atoms with Gasteiger partial charge in [0.15, 0.2) is 5.69 Å². The second-order valence-corrected chi connectivity index (χ2v) is 5.96. The van der Waals surface area contributed by atoms with Gasteiger partial charge in [-0.15, -0.1) is 0 Å². The van der Waals surface area contributed by atoms with Crippen molar-refractivity contribution in [3.63, 3.8) is 0 Å². The van der Waals surface area contributed by atoms with Crippen molar-refractivity contribution in [2.24, 2.45) is 0 Å². The molecule has 1 heterocycles. The lowest BCUT2D eigenvalue weighted by atomic mass is 10.3. The van der Waals surface area contributed by atoms with Gasteiger partial charge in [-0.25, -0.2) is 17.8 Å². The molecule has 114 valence electrons. The molecule has 1 aromatic carbocycles. The number of aromatic nitrogens is 2. The van der Waals surface area contributed by atoms with Gasteiger partial charge in [0.1, 0.15) is 0 Å². The smallest absolute Gasteiger partial charge is 0.397 e. The molecule has 0 aliphatic heterocycles. The Balaban J connectivity index is 2.45. The Morgan fingerprint density at radius 2 is 1.95 bits per heavy atom. The fourth-order valence-electron chi connectivity index (χ4n) is 1.64. The van der Waals surface area contributed by atoms with E-state index < -0.39 is 21.9 Å². The lowest BCUT2D eigenvalue weighted by Crippen LogP contribution is -2.19. The fraction of sp³-hybridized carbons (Fsp3) is 0.182. The van der Waals surface area contributed by atoms with E-state index in [2.05, 4.69) is 9.82 Å². The van der Waals surface area contributed by atoms with Crippen molar-refractivity contribution >= 4 is 15.7 Å². The monoisotopic (exact) mass is 320 g/mol. The molecular formula is C11H11F3N4O2S. The first-order valence-electron chi connectivity index (χ1n) is 5.61. The van der Waals surface area contributed by atoms with Crippen LogP contribution in [0.25, 0.3) is 5.69 Å². The fourth-order valence-corrected chi connectivity index (χ4v) is 2.40. The minimum atomic E-state index is -4.56. The number of alkyl halides is 3. The lowest BCUT2D eigenvalue weighted by Gasteiger charge is -2.09. The number of nitrogens with two attached hydrogens (primary N) is 1. The molecule has 2 rings (SSSR count). The van der Waals surface area contributed by atoms with Gasteiger partial charge < -0.3 is 5.73 Å². The molecule has 6 nitrogen and oxygen atoms in total. The van der Waals surface area contributed by atoms with Crippen molar-refractivity contribution in [1.29, 1.82) is 0 Å². The van der Waals surface area contributed by atoms with Crippen LogP contribution >= 0.6 is 0 Å². The Bertz CT molecular complexity index is 768. The molecule has 0 saturated carbocycles. The van der Waals surface area contributed by atoms with E-state index in [0.717, 1.165) is 23.0 Å². The number of nitrogens with one attached hydrogen (secondary N) is 1. The average molecular weight is 320 g/mol. The summed E-state index contributed by atoms with van der Waals surface area (Å²) in [4.78, 5) is -0.0885. The SMILES string of the molecule is CNS(=O)(=O)c1ccc(-n2ccc(C(F)(F)F)n2)c(N)c1. The van der Waals surface area contributed by atoms with Crippen molar-refractivity contribution in [2.45, 2.75) is 11.1 Å². The Morgan fingerprint density at radius 1 is 1.29 bits per heavy atom. The molecule has 3 N–H and O–H groups in total. The summed E-state index contributed by atoms with van der Waals surface area (Å²) >= 11 is 0. The van der Waals surface area contributed by atoms with Gasteiger partial charge in [-0.2, -0.15) is 18.3 Å². The maximum Gasteiger partial charge on any atom is 0.435 e. The van der Waals surface area contributed by atoms with Crippen LogP contribution in [0.15, 0.2) is 35.4 Å². The van der Waals surface area contributed by atoms with E-state index in [9.17, 15) is 21.6 Å². The Labute approximate surface area is 118 Å². The van der Waals surface area contributed by atoms with E-state index in [1.807, 2.05) is 0 Å². The van der Waals surface area contributed by atoms with Crippen LogP contribution in [0.1, 0.15) is 5.69 Å². The molecule has 0 saturated heterocycles. The summed E-state index contributed by atoms with van der Waals surface area (Å²) in [6.07, 6.45) is -3.46. The maximum atomic E-state index is 12.5. The van der Waals surface area contributed by atoms with Crippen LogP contribution in [0, 0.1) is 0 Å². The van der Waals surface area contributed by atoms with Gasteiger partial charge in [0.05, 0.1) is 16.3 Å². The highest BCUT2D eigenvalue weighted by molar-refractivity contribution is 7.89. The largest absolute Gasteiger partial charge is 0.435 e. The highest BCUT2D eigenvalue weighted by Crippen LogP contribution is 2.29. The van der Waals surface area contributed by atoms with Crippen LogP contribution < -0.4 is 10.5 Å². The first-order chi connectivity index (χ1) is 9.65. The number of anilines is 1. The van der Waals surface area contributed by atoms with E-state index in [-0.39, 0.29) is 16.3 Å². The predicted molar refractivity (Wildman–Crippen MR) is 69.2 cm³/mol. The number of halogens is 3. The number of rotatable bonds is 3. The first-order valence-corrected chi connectivity index (χ1v) is 7.10. The summed E-state index contributed by atoms with van der Waals surface area (Å²) < 4.78 is 63.7. The molecule has 0 amide bonds. The zero-order valence-corrected chi connectivity index (χ0v) is 11.5. The topological polar surface area (TPSA) is 90.0 Å². The molecule has 0 bridgehead atoms. The van der Waals surface area contributed by atoms with Gasteiger partial charge in [-0.3, -0.25) is 0 Å². The second kappa shape index (κ2) is 5.04. The number of sulfonamides is 1. The lowest BCUT2D eigenvalue weighted by molar-refractivity contribution is -0.141. The molecule has 0 fully saturated rings. The number of nitrogens with zero attached hydrogens (tertiary/aromatic N) is 2. The molecule has 1 aromatic heterocycles. The van der Waals surface area contributed by atoms with Gasteiger partial charge >= 0.3 is 6.18 Å². The van der Waals surface area contributed by atoms with Crippen LogP contribution in [0.4, 0.5) is 18.9 Å². The quantitative estimate of drug-likeness (QED) is 0.836. The molecule has 0 unspecified atom stereocenters. The summed E-state index contributed by atoms with van der Waals surface area (Å²) in [5.41, 5.74) is 4.77.